The van der Waals surface area contributed by atoms with Crippen molar-refractivity contribution >= 4 is 5.91 Å². The van der Waals surface area contributed by atoms with E-state index in [9.17, 15) is 9.18 Å². The predicted molar refractivity (Wildman–Crippen MR) is 54.8 cm³/mol. The van der Waals surface area contributed by atoms with Gasteiger partial charge >= 0.3 is 0 Å². The fourth-order valence-corrected chi connectivity index (χ4v) is 1.78. The fraction of sp³-hybridized carbons (Fsp3) is 0.909. The van der Waals surface area contributed by atoms with Crippen LogP contribution in [0, 0.1) is 0 Å². The van der Waals surface area contributed by atoms with Gasteiger partial charge in [0, 0.05) is 6.04 Å². The molecule has 82 valence electrons. The van der Waals surface area contributed by atoms with Gasteiger partial charge in [0.25, 0.3) is 5.91 Å². The van der Waals surface area contributed by atoms with E-state index in [4.69, 9.17) is 0 Å². The monoisotopic (exact) mass is 201 g/mol. The lowest BCUT2D eigenvalue weighted by Gasteiger charge is -2.20. The number of alkyl halides is 1. The van der Waals surface area contributed by atoms with Gasteiger partial charge in [-0.05, 0) is 26.7 Å². The Labute approximate surface area is 85.3 Å². The Morgan fingerprint density at radius 3 is 2.14 bits per heavy atom. The molecule has 1 aliphatic rings. The lowest BCUT2D eigenvalue weighted by molar-refractivity contribution is -0.131. The zero-order chi connectivity index (χ0) is 10.6. The second-order valence-corrected chi connectivity index (χ2v) is 4.63. The van der Waals surface area contributed by atoms with E-state index in [1.54, 1.807) is 0 Å². The molecule has 0 saturated heterocycles. The first-order valence-corrected chi connectivity index (χ1v) is 5.50. The van der Waals surface area contributed by atoms with Gasteiger partial charge in [-0.15, -0.1) is 0 Å². The highest BCUT2D eigenvalue weighted by Crippen LogP contribution is 2.18. The van der Waals surface area contributed by atoms with Gasteiger partial charge in [-0.2, -0.15) is 0 Å². The van der Waals surface area contributed by atoms with Gasteiger partial charge in [0.1, 0.15) is 0 Å². The van der Waals surface area contributed by atoms with Crippen LogP contribution in [0.2, 0.25) is 0 Å². The number of halogens is 1. The van der Waals surface area contributed by atoms with E-state index in [1.807, 2.05) is 0 Å². The lowest BCUT2D eigenvalue weighted by atomic mass is 10.1. The highest BCUT2D eigenvalue weighted by atomic mass is 19.1. The van der Waals surface area contributed by atoms with Crippen molar-refractivity contribution in [3.63, 3.8) is 0 Å². The number of carbonyl (C=O) groups excluding carboxylic acids is 1. The minimum atomic E-state index is -1.74. The average molecular weight is 201 g/mol. The molecule has 1 aliphatic carbocycles. The minimum Gasteiger partial charge on any atom is -0.351 e. The predicted octanol–water partition coefficient (Wildman–Crippen LogP) is 2.57. The summed E-state index contributed by atoms with van der Waals surface area (Å²) in [7, 11) is 0. The molecule has 0 atom stereocenters. The van der Waals surface area contributed by atoms with E-state index < -0.39 is 11.6 Å². The molecular formula is C11H20FNO. The zero-order valence-electron chi connectivity index (χ0n) is 9.11. The molecule has 1 saturated carbocycles. The fourth-order valence-electron chi connectivity index (χ4n) is 1.78. The summed E-state index contributed by atoms with van der Waals surface area (Å²) in [6.45, 7) is 2.61. The molecule has 0 aromatic carbocycles. The number of nitrogens with one attached hydrogen (secondary N) is 1. The van der Waals surface area contributed by atoms with Gasteiger partial charge in [0.05, 0.1) is 0 Å². The SMILES string of the molecule is CC(C)(F)C(=O)NC1CCCCCC1. The molecule has 0 aliphatic heterocycles. The Morgan fingerprint density at radius 1 is 1.21 bits per heavy atom. The van der Waals surface area contributed by atoms with Crippen LogP contribution in [0.25, 0.3) is 0 Å². The number of carbonyl (C=O) groups is 1. The van der Waals surface area contributed by atoms with Crippen LogP contribution in [0.3, 0.4) is 0 Å². The number of hydrogen-bond donors (Lipinski definition) is 1. The molecular weight excluding hydrogens is 181 g/mol. The summed E-state index contributed by atoms with van der Waals surface area (Å²) < 4.78 is 13.2. The third-order valence-corrected chi connectivity index (χ3v) is 2.73. The van der Waals surface area contributed by atoms with E-state index in [0.717, 1.165) is 25.7 Å². The number of amides is 1. The average Bonchev–Trinajstić information content (AvgIpc) is 2.31. The van der Waals surface area contributed by atoms with Crippen LogP contribution in [0.15, 0.2) is 0 Å². The zero-order valence-corrected chi connectivity index (χ0v) is 9.11. The van der Waals surface area contributed by atoms with Crippen molar-refractivity contribution in [2.45, 2.75) is 64.1 Å². The van der Waals surface area contributed by atoms with Crippen molar-refractivity contribution in [3.05, 3.63) is 0 Å². The van der Waals surface area contributed by atoms with Crippen molar-refractivity contribution in [1.82, 2.24) is 5.32 Å². The molecule has 0 heterocycles. The maximum Gasteiger partial charge on any atom is 0.257 e. The normalized spacial score (nSPS) is 20.2. The molecule has 0 spiro atoms. The highest BCUT2D eigenvalue weighted by Gasteiger charge is 2.28. The van der Waals surface area contributed by atoms with Gasteiger partial charge in [-0.3, -0.25) is 4.79 Å². The van der Waals surface area contributed by atoms with E-state index in [2.05, 4.69) is 5.32 Å². The quantitative estimate of drug-likeness (QED) is 0.683. The number of hydrogen-bond acceptors (Lipinski definition) is 1. The van der Waals surface area contributed by atoms with Crippen LogP contribution in [0.4, 0.5) is 4.39 Å². The minimum absolute atomic E-state index is 0.194. The van der Waals surface area contributed by atoms with E-state index in [-0.39, 0.29) is 6.04 Å². The van der Waals surface area contributed by atoms with Crippen molar-refractivity contribution in [2.75, 3.05) is 0 Å². The molecule has 0 radical (unpaired) electrons. The van der Waals surface area contributed by atoms with E-state index >= 15 is 0 Å². The lowest BCUT2D eigenvalue weighted by Crippen LogP contribution is -2.44. The molecule has 14 heavy (non-hydrogen) atoms. The second-order valence-electron chi connectivity index (χ2n) is 4.63. The molecule has 1 fully saturated rings. The molecule has 1 N–H and O–H groups in total. The van der Waals surface area contributed by atoms with Crippen molar-refractivity contribution in [1.29, 1.82) is 0 Å². The van der Waals surface area contributed by atoms with Crippen molar-refractivity contribution < 1.29 is 9.18 Å². The Kier molecular flexibility index (Phi) is 3.90. The van der Waals surface area contributed by atoms with Crippen LogP contribution < -0.4 is 5.32 Å². The first kappa shape index (κ1) is 11.5. The third kappa shape index (κ3) is 3.64. The summed E-state index contributed by atoms with van der Waals surface area (Å²) in [6.07, 6.45) is 6.79. The summed E-state index contributed by atoms with van der Waals surface area (Å²) in [5.41, 5.74) is -1.74. The van der Waals surface area contributed by atoms with Gasteiger partial charge in [0.2, 0.25) is 0 Å². The first-order valence-electron chi connectivity index (χ1n) is 5.50. The van der Waals surface area contributed by atoms with E-state index in [0.29, 0.717) is 0 Å². The van der Waals surface area contributed by atoms with Gasteiger partial charge < -0.3 is 5.32 Å². The summed E-state index contributed by atoms with van der Waals surface area (Å²) in [6, 6.07) is 0.194. The Morgan fingerprint density at radius 2 is 1.71 bits per heavy atom. The van der Waals surface area contributed by atoms with Crippen LogP contribution in [0.5, 0.6) is 0 Å². The molecule has 0 bridgehead atoms. The van der Waals surface area contributed by atoms with Crippen LogP contribution in [-0.2, 0) is 4.79 Å². The van der Waals surface area contributed by atoms with Crippen molar-refractivity contribution in [3.8, 4) is 0 Å². The van der Waals surface area contributed by atoms with Crippen LogP contribution in [0.1, 0.15) is 52.4 Å². The van der Waals surface area contributed by atoms with Gasteiger partial charge in [-0.1, -0.05) is 25.7 Å². The molecule has 3 heteroatoms. The molecule has 2 nitrogen and oxygen atoms in total. The standard InChI is InChI=1S/C11H20FNO/c1-11(2,12)10(14)13-9-7-5-3-4-6-8-9/h9H,3-8H2,1-2H3,(H,13,14). The van der Waals surface area contributed by atoms with Crippen molar-refractivity contribution in [2.24, 2.45) is 0 Å². The second kappa shape index (κ2) is 4.76. The molecule has 1 amide bonds. The third-order valence-electron chi connectivity index (χ3n) is 2.73. The summed E-state index contributed by atoms with van der Waals surface area (Å²) in [4.78, 5) is 11.4. The highest BCUT2D eigenvalue weighted by molar-refractivity contribution is 5.84. The smallest absolute Gasteiger partial charge is 0.257 e. The Hall–Kier alpha value is -0.600. The van der Waals surface area contributed by atoms with Gasteiger partial charge in [-0.25, -0.2) is 4.39 Å². The van der Waals surface area contributed by atoms with Crippen LogP contribution >= 0.6 is 0 Å². The van der Waals surface area contributed by atoms with E-state index in [1.165, 1.54) is 26.7 Å². The number of rotatable bonds is 2. The van der Waals surface area contributed by atoms with Gasteiger partial charge in [0.15, 0.2) is 5.67 Å². The Balaban J connectivity index is 2.38. The maximum atomic E-state index is 13.2. The van der Waals surface area contributed by atoms with Crippen LogP contribution in [-0.4, -0.2) is 17.6 Å². The maximum absolute atomic E-state index is 13.2. The molecule has 1 rings (SSSR count). The Bertz CT molecular complexity index is 190. The molecule has 0 unspecified atom stereocenters. The summed E-state index contributed by atoms with van der Waals surface area (Å²) in [5.74, 6) is -0.468. The summed E-state index contributed by atoms with van der Waals surface area (Å²) >= 11 is 0. The topological polar surface area (TPSA) is 29.1 Å². The first-order chi connectivity index (χ1) is 6.50. The summed E-state index contributed by atoms with van der Waals surface area (Å²) in [5, 5.41) is 2.78. The largest absolute Gasteiger partial charge is 0.351 e. The molecule has 0 aromatic rings. The molecule has 0 aromatic heterocycles.